The monoisotopic (exact) mass is 296 g/mol. The molecule has 1 fully saturated rings. The molecule has 0 radical (unpaired) electrons. The van der Waals surface area contributed by atoms with Crippen molar-refractivity contribution in [1.29, 1.82) is 0 Å². The molecular weight excluding hydrogens is 270 g/mol. The summed E-state index contributed by atoms with van der Waals surface area (Å²) >= 11 is 0. The molecule has 1 aliphatic rings. The van der Waals surface area contributed by atoms with Crippen LogP contribution in [0.3, 0.4) is 0 Å². The molecule has 0 spiro atoms. The molecule has 1 heterocycles. The number of nitrogens with zero attached hydrogens (tertiary/aromatic N) is 1. The summed E-state index contributed by atoms with van der Waals surface area (Å²) in [6, 6.07) is 8.63. The van der Waals surface area contributed by atoms with Gasteiger partial charge in [-0.05, 0) is 45.3 Å². The van der Waals surface area contributed by atoms with Gasteiger partial charge in [-0.2, -0.15) is 8.78 Å². The molecule has 2 nitrogen and oxygen atoms in total. The van der Waals surface area contributed by atoms with Gasteiger partial charge in [-0.3, -0.25) is 4.90 Å². The third kappa shape index (κ3) is 4.48. The summed E-state index contributed by atoms with van der Waals surface area (Å²) in [5.41, 5.74) is 0.119. The Hall–Kier alpha value is -1.00. The summed E-state index contributed by atoms with van der Waals surface area (Å²) < 4.78 is 28.5. The Balaban J connectivity index is 1.86. The normalized spacial score (nSPS) is 19.6. The Kier molecular flexibility index (Phi) is 5.71. The molecule has 1 N–H and O–H groups in total. The quantitative estimate of drug-likeness (QED) is 0.864. The number of piperidine rings is 1. The smallest absolute Gasteiger partial charge is 0.285 e. The lowest BCUT2D eigenvalue weighted by Crippen LogP contribution is -2.45. The highest BCUT2D eigenvalue weighted by molar-refractivity contribution is 5.20. The fourth-order valence-corrected chi connectivity index (χ4v) is 3.15. The third-order valence-electron chi connectivity index (χ3n) is 4.48. The minimum absolute atomic E-state index is 0.119. The maximum absolute atomic E-state index is 14.3. The van der Waals surface area contributed by atoms with Crippen molar-refractivity contribution in [2.24, 2.45) is 5.92 Å². The zero-order chi connectivity index (χ0) is 15.3. The predicted octanol–water partition coefficient (Wildman–Crippen LogP) is 3.49. The van der Waals surface area contributed by atoms with Gasteiger partial charge in [0, 0.05) is 11.6 Å². The van der Waals surface area contributed by atoms with Gasteiger partial charge in [-0.15, -0.1) is 0 Å². The first-order chi connectivity index (χ1) is 10.0. The number of hydrogen-bond acceptors (Lipinski definition) is 2. The van der Waals surface area contributed by atoms with Crippen LogP contribution in [0.2, 0.25) is 0 Å². The lowest BCUT2D eigenvalue weighted by Gasteiger charge is -2.36. The van der Waals surface area contributed by atoms with Gasteiger partial charge in [0.2, 0.25) is 0 Å². The highest BCUT2D eigenvalue weighted by atomic mass is 19.3. The van der Waals surface area contributed by atoms with Crippen LogP contribution in [0.5, 0.6) is 0 Å². The van der Waals surface area contributed by atoms with E-state index < -0.39 is 5.92 Å². The second-order valence-electron chi connectivity index (χ2n) is 6.03. The predicted molar refractivity (Wildman–Crippen MR) is 82.6 cm³/mol. The molecule has 4 heteroatoms. The molecule has 0 bridgehead atoms. The van der Waals surface area contributed by atoms with Gasteiger partial charge < -0.3 is 5.32 Å². The van der Waals surface area contributed by atoms with Gasteiger partial charge in [0.1, 0.15) is 0 Å². The largest absolute Gasteiger partial charge is 0.314 e. The number of benzene rings is 1. The van der Waals surface area contributed by atoms with Crippen LogP contribution in [0.1, 0.15) is 32.3 Å². The highest BCUT2D eigenvalue weighted by Crippen LogP contribution is 2.30. The van der Waals surface area contributed by atoms with Crippen LogP contribution < -0.4 is 5.32 Å². The average Bonchev–Trinajstić information content (AvgIpc) is 2.49. The van der Waals surface area contributed by atoms with Crippen LogP contribution in [0.25, 0.3) is 0 Å². The molecule has 1 aromatic rings. The van der Waals surface area contributed by atoms with Crippen LogP contribution in [0, 0.1) is 5.92 Å². The summed E-state index contributed by atoms with van der Waals surface area (Å²) in [7, 11) is 0. The minimum Gasteiger partial charge on any atom is -0.314 e. The van der Waals surface area contributed by atoms with E-state index in [9.17, 15) is 8.78 Å². The molecule has 0 amide bonds. The number of nitrogens with one attached hydrogen (secondary N) is 1. The fraction of sp³-hybridized carbons (Fsp3) is 0.647. The first-order valence-corrected chi connectivity index (χ1v) is 7.92. The maximum Gasteiger partial charge on any atom is 0.285 e. The number of hydrogen-bond donors (Lipinski definition) is 1. The highest BCUT2D eigenvalue weighted by Gasteiger charge is 2.35. The van der Waals surface area contributed by atoms with Crippen LogP contribution in [0.4, 0.5) is 8.78 Å². The van der Waals surface area contributed by atoms with Crippen LogP contribution >= 0.6 is 0 Å². The van der Waals surface area contributed by atoms with Gasteiger partial charge in [-0.25, -0.2) is 0 Å². The maximum atomic E-state index is 14.3. The zero-order valence-corrected chi connectivity index (χ0v) is 13.0. The SMILES string of the molecule is CCNC(C)C1CCN(CC(F)(F)c2ccccc2)CC1. The standard InChI is InChI=1S/C17H26F2N2/c1-3-20-14(2)15-9-11-21(12-10-15)13-17(18,19)16-7-5-4-6-8-16/h4-8,14-15,20H,3,9-13H2,1-2H3. The molecule has 1 atom stereocenters. The van der Waals surface area contributed by atoms with E-state index in [2.05, 4.69) is 19.2 Å². The van der Waals surface area contributed by atoms with E-state index >= 15 is 0 Å². The molecule has 21 heavy (non-hydrogen) atoms. The Morgan fingerprint density at radius 1 is 1.24 bits per heavy atom. The van der Waals surface area contributed by atoms with Crippen molar-refractivity contribution in [2.45, 2.75) is 38.7 Å². The number of likely N-dealkylation sites (tertiary alicyclic amines) is 1. The van der Waals surface area contributed by atoms with Crippen molar-refractivity contribution in [3.8, 4) is 0 Å². The van der Waals surface area contributed by atoms with E-state index in [0.717, 1.165) is 32.5 Å². The van der Waals surface area contributed by atoms with E-state index in [4.69, 9.17) is 0 Å². The molecule has 1 aliphatic heterocycles. The van der Waals surface area contributed by atoms with Gasteiger partial charge >= 0.3 is 0 Å². The van der Waals surface area contributed by atoms with Gasteiger partial charge in [0.05, 0.1) is 6.54 Å². The van der Waals surface area contributed by atoms with Crippen molar-refractivity contribution in [3.05, 3.63) is 35.9 Å². The lowest BCUT2D eigenvalue weighted by molar-refractivity contribution is -0.0453. The molecule has 1 saturated heterocycles. The molecule has 0 aromatic heterocycles. The summed E-state index contributed by atoms with van der Waals surface area (Å²) in [4.78, 5) is 1.90. The number of halogens is 2. The lowest BCUT2D eigenvalue weighted by atomic mass is 9.90. The van der Waals surface area contributed by atoms with Crippen molar-refractivity contribution in [3.63, 3.8) is 0 Å². The zero-order valence-electron chi connectivity index (χ0n) is 13.0. The van der Waals surface area contributed by atoms with Crippen LogP contribution in [-0.2, 0) is 5.92 Å². The van der Waals surface area contributed by atoms with E-state index in [1.54, 1.807) is 18.2 Å². The van der Waals surface area contributed by atoms with Crippen molar-refractivity contribution in [1.82, 2.24) is 10.2 Å². The summed E-state index contributed by atoms with van der Waals surface area (Å²) in [6.45, 7) is 6.63. The minimum atomic E-state index is -2.76. The molecular formula is C17H26F2N2. The Labute approximate surface area is 126 Å². The Bertz CT molecular complexity index is 414. The van der Waals surface area contributed by atoms with Gasteiger partial charge in [0.25, 0.3) is 5.92 Å². The average molecular weight is 296 g/mol. The topological polar surface area (TPSA) is 15.3 Å². The van der Waals surface area contributed by atoms with E-state index in [-0.39, 0.29) is 12.1 Å². The summed E-state index contributed by atoms with van der Waals surface area (Å²) in [5.74, 6) is -2.16. The molecule has 118 valence electrons. The second-order valence-corrected chi connectivity index (χ2v) is 6.03. The van der Waals surface area contributed by atoms with Crippen molar-refractivity contribution in [2.75, 3.05) is 26.2 Å². The summed E-state index contributed by atoms with van der Waals surface area (Å²) in [5, 5.41) is 3.44. The number of alkyl halides is 2. The van der Waals surface area contributed by atoms with Gasteiger partial charge in [-0.1, -0.05) is 37.3 Å². The van der Waals surface area contributed by atoms with E-state index in [1.807, 2.05) is 4.90 Å². The van der Waals surface area contributed by atoms with Crippen LogP contribution in [0.15, 0.2) is 30.3 Å². The summed E-state index contributed by atoms with van der Waals surface area (Å²) in [6.07, 6.45) is 2.00. The molecule has 0 saturated carbocycles. The van der Waals surface area contributed by atoms with E-state index in [0.29, 0.717) is 12.0 Å². The number of rotatable bonds is 6. The molecule has 1 aromatic carbocycles. The molecule has 2 rings (SSSR count). The van der Waals surface area contributed by atoms with E-state index in [1.165, 1.54) is 12.1 Å². The Morgan fingerprint density at radius 2 is 1.86 bits per heavy atom. The first-order valence-electron chi connectivity index (χ1n) is 7.92. The Morgan fingerprint density at radius 3 is 2.43 bits per heavy atom. The second kappa shape index (κ2) is 7.32. The van der Waals surface area contributed by atoms with Gasteiger partial charge in [0.15, 0.2) is 0 Å². The molecule has 1 unspecified atom stereocenters. The fourth-order valence-electron chi connectivity index (χ4n) is 3.15. The van der Waals surface area contributed by atoms with Crippen molar-refractivity contribution >= 4 is 0 Å². The molecule has 0 aliphatic carbocycles. The third-order valence-corrected chi connectivity index (χ3v) is 4.48. The van der Waals surface area contributed by atoms with Crippen molar-refractivity contribution < 1.29 is 8.78 Å². The van der Waals surface area contributed by atoms with Crippen LogP contribution in [-0.4, -0.2) is 37.1 Å². The first kappa shape index (κ1) is 16.4.